The minimum Gasteiger partial charge on any atom is -0.390 e. The van der Waals surface area contributed by atoms with Gasteiger partial charge in [-0.1, -0.05) is 18.9 Å². The molecule has 2 nitrogen and oxygen atoms in total. The van der Waals surface area contributed by atoms with Crippen molar-refractivity contribution >= 4 is 0 Å². The fraction of sp³-hybridized carbons (Fsp3) is 0.692. The van der Waals surface area contributed by atoms with Crippen LogP contribution in [0.1, 0.15) is 40.0 Å². The van der Waals surface area contributed by atoms with Gasteiger partial charge >= 0.3 is 0 Å². The molecule has 86 valence electrons. The van der Waals surface area contributed by atoms with E-state index in [1.165, 1.54) is 0 Å². The SMILES string of the molecule is C#C/C=C/C[C@H](C)CCC(O)C(C)(C)O. The van der Waals surface area contributed by atoms with Gasteiger partial charge in [-0.05, 0) is 45.1 Å². The first-order valence-corrected chi connectivity index (χ1v) is 5.39. The molecule has 2 heteroatoms. The van der Waals surface area contributed by atoms with E-state index >= 15 is 0 Å². The van der Waals surface area contributed by atoms with E-state index < -0.39 is 11.7 Å². The number of hydrogen-bond acceptors (Lipinski definition) is 2. The number of hydrogen-bond donors (Lipinski definition) is 2. The molecule has 0 spiro atoms. The molecule has 0 bridgehead atoms. The number of terminal acetylenes is 1. The molecule has 2 atom stereocenters. The van der Waals surface area contributed by atoms with Crippen LogP contribution in [0.5, 0.6) is 0 Å². The molecular weight excluding hydrogens is 188 g/mol. The molecule has 0 aliphatic heterocycles. The van der Waals surface area contributed by atoms with Gasteiger partial charge in [0, 0.05) is 0 Å². The number of aliphatic hydroxyl groups excluding tert-OH is 1. The smallest absolute Gasteiger partial charge is 0.0849 e. The van der Waals surface area contributed by atoms with Crippen molar-refractivity contribution in [2.45, 2.75) is 51.7 Å². The summed E-state index contributed by atoms with van der Waals surface area (Å²) in [5.41, 5.74) is -1.01. The second-order valence-corrected chi connectivity index (χ2v) is 4.66. The molecule has 0 fully saturated rings. The molecule has 0 saturated heterocycles. The molecule has 1 unspecified atom stereocenters. The lowest BCUT2D eigenvalue weighted by Gasteiger charge is -2.25. The van der Waals surface area contributed by atoms with Crippen LogP contribution in [0.15, 0.2) is 12.2 Å². The van der Waals surface area contributed by atoms with E-state index in [0.717, 1.165) is 12.8 Å². The number of allylic oxidation sites excluding steroid dienone is 2. The lowest BCUT2D eigenvalue weighted by atomic mass is 9.92. The zero-order chi connectivity index (χ0) is 11.9. The first kappa shape index (κ1) is 14.2. The van der Waals surface area contributed by atoms with Gasteiger partial charge in [-0.15, -0.1) is 6.42 Å². The van der Waals surface area contributed by atoms with Crippen LogP contribution in [0.2, 0.25) is 0 Å². The van der Waals surface area contributed by atoms with Crippen LogP contribution in [0.25, 0.3) is 0 Å². The third-order valence-corrected chi connectivity index (χ3v) is 2.50. The molecule has 0 saturated carbocycles. The number of aliphatic hydroxyl groups is 2. The summed E-state index contributed by atoms with van der Waals surface area (Å²) in [6.07, 6.45) is 10.5. The third kappa shape index (κ3) is 7.18. The predicted molar refractivity (Wildman–Crippen MR) is 63.3 cm³/mol. The molecule has 0 heterocycles. The van der Waals surface area contributed by atoms with Crippen LogP contribution in [-0.4, -0.2) is 21.9 Å². The maximum atomic E-state index is 9.61. The van der Waals surface area contributed by atoms with Crippen molar-refractivity contribution in [2.75, 3.05) is 0 Å². The zero-order valence-corrected chi connectivity index (χ0v) is 9.90. The number of rotatable bonds is 6. The molecular formula is C13H22O2. The van der Waals surface area contributed by atoms with E-state index in [1.807, 2.05) is 6.08 Å². The maximum Gasteiger partial charge on any atom is 0.0849 e. The summed E-state index contributed by atoms with van der Waals surface area (Å²) in [6, 6.07) is 0. The normalized spacial score (nSPS) is 16.3. The van der Waals surface area contributed by atoms with E-state index in [0.29, 0.717) is 12.3 Å². The van der Waals surface area contributed by atoms with Gasteiger partial charge in [0.25, 0.3) is 0 Å². The highest BCUT2D eigenvalue weighted by Crippen LogP contribution is 2.18. The van der Waals surface area contributed by atoms with E-state index in [2.05, 4.69) is 12.8 Å². The Labute approximate surface area is 93.0 Å². The summed E-state index contributed by atoms with van der Waals surface area (Å²) < 4.78 is 0. The van der Waals surface area contributed by atoms with E-state index in [-0.39, 0.29) is 0 Å². The second-order valence-electron chi connectivity index (χ2n) is 4.66. The van der Waals surface area contributed by atoms with E-state index in [4.69, 9.17) is 6.42 Å². The van der Waals surface area contributed by atoms with Crippen molar-refractivity contribution in [3.05, 3.63) is 12.2 Å². The highest BCUT2D eigenvalue weighted by molar-refractivity contribution is 5.08. The maximum absolute atomic E-state index is 9.61. The Kier molecular flexibility index (Phi) is 6.31. The molecule has 0 aromatic rings. The molecule has 0 aliphatic carbocycles. The van der Waals surface area contributed by atoms with Gasteiger partial charge < -0.3 is 10.2 Å². The minimum atomic E-state index is -1.01. The van der Waals surface area contributed by atoms with Gasteiger partial charge in [0.1, 0.15) is 0 Å². The standard InChI is InChI=1S/C13H22O2/c1-5-6-7-8-11(2)9-10-12(14)13(3,4)15/h1,6-7,11-12,14-15H,8-10H2,2-4H3/b7-6+/t11-,12?/m0/s1. The van der Waals surface area contributed by atoms with E-state index in [9.17, 15) is 10.2 Å². The summed E-state index contributed by atoms with van der Waals surface area (Å²) in [4.78, 5) is 0. The fourth-order valence-corrected chi connectivity index (χ4v) is 1.28. The van der Waals surface area contributed by atoms with Gasteiger partial charge in [-0.25, -0.2) is 0 Å². The molecule has 0 aromatic carbocycles. The van der Waals surface area contributed by atoms with Crippen molar-refractivity contribution in [3.8, 4) is 12.3 Å². The Bertz CT molecular complexity index is 230. The topological polar surface area (TPSA) is 40.5 Å². The molecule has 2 N–H and O–H groups in total. The van der Waals surface area contributed by atoms with Crippen LogP contribution in [0, 0.1) is 18.3 Å². The Balaban J connectivity index is 3.77. The van der Waals surface area contributed by atoms with Crippen molar-refractivity contribution in [1.82, 2.24) is 0 Å². The molecule has 0 rings (SSSR count). The van der Waals surface area contributed by atoms with Gasteiger partial charge in [0.15, 0.2) is 0 Å². The summed E-state index contributed by atoms with van der Waals surface area (Å²) >= 11 is 0. The highest BCUT2D eigenvalue weighted by Gasteiger charge is 2.24. The van der Waals surface area contributed by atoms with Crippen LogP contribution in [-0.2, 0) is 0 Å². The first-order chi connectivity index (χ1) is 6.88. The van der Waals surface area contributed by atoms with Crippen LogP contribution >= 0.6 is 0 Å². The van der Waals surface area contributed by atoms with Gasteiger partial charge in [-0.2, -0.15) is 0 Å². The minimum absolute atomic E-state index is 0.478. The Morgan fingerprint density at radius 2 is 2.00 bits per heavy atom. The van der Waals surface area contributed by atoms with Crippen LogP contribution < -0.4 is 0 Å². The quantitative estimate of drug-likeness (QED) is 0.659. The van der Waals surface area contributed by atoms with Crippen molar-refractivity contribution in [2.24, 2.45) is 5.92 Å². The van der Waals surface area contributed by atoms with Gasteiger partial charge in [0.05, 0.1) is 11.7 Å². The average Bonchev–Trinajstić information content (AvgIpc) is 2.13. The summed E-state index contributed by atoms with van der Waals surface area (Å²) in [6.45, 7) is 5.36. The lowest BCUT2D eigenvalue weighted by Crippen LogP contribution is -2.35. The second kappa shape index (κ2) is 6.66. The summed E-state index contributed by atoms with van der Waals surface area (Å²) in [7, 11) is 0. The largest absolute Gasteiger partial charge is 0.390 e. The molecule has 0 amide bonds. The van der Waals surface area contributed by atoms with Crippen LogP contribution in [0.4, 0.5) is 0 Å². The monoisotopic (exact) mass is 210 g/mol. The van der Waals surface area contributed by atoms with Crippen molar-refractivity contribution in [1.29, 1.82) is 0 Å². The van der Waals surface area contributed by atoms with Crippen LogP contribution in [0.3, 0.4) is 0 Å². The molecule has 0 aliphatic rings. The Morgan fingerprint density at radius 3 is 2.47 bits per heavy atom. The van der Waals surface area contributed by atoms with Crippen molar-refractivity contribution < 1.29 is 10.2 Å². The summed E-state index contributed by atoms with van der Waals surface area (Å²) in [5.74, 6) is 2.92. The lowest BCUT2D eigenvalue weighted by molar-refractivity contribution is -0.0533. The molecule has 15 heavy (non-hydrogen) atoms. The summed E-state index contributed by atoms with van der Waals surface area (Å²) in [5, 5.41) is 19.1. The van der Waals surface area contributed by atoms with Crippen molar-refractivity contribution in [3.63, 3.8) is 0 Å². The Morgan fingerprint density at radius 1 is 1.40 bits per heavy atom. The molecule has 0 aromatic heterocycles. The highest BCUT2D eigenvalue weighted by atomic mass is 16.3. The fourth-order valence-electron chi connectivity index (χ4n) is 1.28. The van der Waals surface area contributed by atoms with Gasteiger partial charge in [0.2, 0.25) is 0 Å². The third-order valence-electron chi connectivity index (χ3n) is 2.50. The zero-order valence-electron chi connectivity index (χ0n) is 9.90. The average molecular weight is 210 g/mol. The van der Waals surface area contributed by atoms with Gasteiger partial charge in [-0.3, -0.25) is 0 Å². The Hall–Kier alpha value is -0.780. The first-order valence-electron chi connectivity index (χ1n) is 5.39. The van der Waals surface area contributed by atoms with E-state index in [1.54, 1.807) is 19.9 Å². The predicted octanol–water partition coefficient (Wildman–Crippen LogP) is 2.11. The molecule has 0 radical (unpaired) electrons.